The van der Waals surface area contributed by atoms with Crippen molar-refractivity contribution in [3.05, 3.63) is 68.3 Å². The van der Waals surface area contributed by atoms with E-state index in [-0.39, 0.29) is 16.9 Å². The Morgan fingerprint density at radius 1 is 1.27 bits per heavy atom. The monoisotopic (exact) mass is 304 g/mol. The Hall–Kier alpha value is -2.96. The van der Waals surface area contributed by atoms with E-state index in [1.165, 1.54) is 37.0 Å². The van der Waals surface area contributed by atoms with Crippen molar-refractivity contribution in [1.29, 1.82) is 0 Å². The maximum atomic E-state index is 13.6. The summed E-state index contributed by atoms with van der Waals surface area (Å²) in [5.41, 5.74) is -1.15. The van der Waals surface area contributed by atoms with Gasteiger partial charge in [-0.05, 0) is 24.3 Å². The molecule has 1 aromatic carbocycles. The average Bonchev–Trinajstić information content (AvgIpc) is 2.47. The van der Waals surface area contributed by atoms with Crippen molar-refractivity contribution in [1.82, 2.24) is 9.13 Å². The Bertz CT molecular complexity index is 893. The van der Waals surface area contributed by atoms with Crippen LogP contribution in [0.1, 0.15) is 15.9 Å². The molecule has 114 valence electrons. The van der Waals surface area contributed by atoms with Gasteiger partial charge in [0.1, 0.15) is 11.6 Å². The number of hydrogen-bond donors (Lipinski definition) is 1. The van der Waals surface area contributed by atoms with Crippen LogP contribution in [0, 0.1) is 5.82 Å². The smallest absolute Gasteiger partial charge is 0.330 e. The molecule has 0 fully saturated rings. The Labute approximate surface area is 124 Å². The van der Waals surface area contributed by atoms with Crippen molar-refractivity contribution in [2.24, 2.45) is 14.1 Å². The van der Waals surface area contributed by atoms with Crippen molar-refractivity contribution < 1.29 is 14.3 Å². The van der Waals surface area contributed by atoms with Crippen molar-refractivity contribution in [3.63, 3.8) is 0 Å². The third-order valence-electron chi connectivity index (χ3n) is 3.11. The van der Waals surface area contributed by atoms with Gasteiger partial charge < -0.3 is 9.67 Å². The van der Waals surface area contributed by atoms with Gasteiger partial charge in [-0.15, -0.1) is 0 Å². The zero-order valence-electron chi connectivity index (χ0n) is 11.9. The number of carbonyl (C=O) groups is 1. The van der Waals surface area contributed by atoms with E-state index in [9.17, 15) is 18.8 Å². The van der Waals surface area contributed by atoms with Gasteiger partial charge >= 0.3 is 5.69 Å². The topological polar surface area (TPSA) is 81.3 Å². The van der Waals surface area contributed by atoms with Crippen LogP contribution in [-0.4, -0.2) is 20.0 Å². The number of aromatic hydroxyl groups is 1. The normalized spacial score (nSPS) is 11.0. The van der Waals surface area contributed by atoms with Gasteiger partial charge in [0.15, 0.2) is 5.78 Å². The number of allylic oxidation sites excluding steroid dienone is 1. The highest BCUT2D eigenvalue weighted by Crippen LogP contribution is 2.16. The van der Waals surface area contributed by atoms with Crippen LogP contribution in [0.3, 0.4) is 0 Å². The van der Waals surface area contributed by atoms with Gasteiger partial charge in [-0.3, -0.25) is 14.2 Å². The number of aromatic nitrogens is 2. The van der Waals surface area contributed by atoms with E-state index in [0.29, 0.717) is 0 Å². The minimum Gasteiger partial charge on any atom is -0.508 e. The number of carbonyl (C=O) groups excluding carboxylic acids is 1. The third kappa shape index (κ3) is 2.88. The van der Waals surface area contributed by atoms with E-state index < -0.39 is 22.8 Å². The number of benzene rings is 1. The molecule has 1 aromatic heterocycles. The van der Waals surface area contributed by atoms with Crippen LogP contribution in [0.25, 0.3) is 6.08 Å². The minimum absolute atomic E-state index is 0.122. The molecule has 22 heavy (non-hydrogen) atoms. The summed E-state index contributed by atoms with van der Waals surface area (Å²) in [6, 6.07) is 3.16. The Kier molecular flexibility index (Phi) is 4.07. The molecule has 1 heterocycles. The number of hydrogen-bond acceptors (Lipinski definition) is 4. The number of rotatable bonds is 3. The average molecular weight is 304 g/mol. The molecule has 0 aliphatic rings. The van der Waals surface area contributed by atoms with E-state index >= 15 is 0 Å². The highest BCUT2D eigenvalue weighted by Gasteiger charge is 2.10. The first-order chi connectivity index (χ1) is 10.3. The molecule has 6 nitrogen and oxygen atoms in total. The van der Waals surface area contributed by atoms with Crippen molar-refractivity contribution in [2.45, 2.75) is 0 Å². The Morgan fingerprint density at radius 2 is 1.95 bits per heavy atom. The molecule has 0 bridgehead atoms. The lowest BCUT2D eigenvalue weighted by molar-refractivity contribution is 0.104. The number of aryl methyl sites for hydroxylation is 1. The maximum absolute atomic E-state index is 13.6. The first-order valence-electron chi connectivity index (χ1n) is 6.29. The number of ketones is 1. The maximum Gasteiger partial charge on any atom is 0.330 e. The molecule has 0 unspecified atom stereocenters. The van der Waals surface area contributed by atoms with Gasteiger partial charge in [0.25, 0.3) is 5.56 Å². The van der Waals surface area contributed by atoms with Gasteiger partial charge in [0.2, 0.25) is 0 Å². The molecule has 0 aliphatic carbocycles. The lowest BCUT2D eigenvalue weighted by atomic mass is 10.1. The van der Waals surface area contributed by atoms with Crippen LogP contribution in [0.5, 0.6) is 5.75 Å². The minimum atomic E-state index is -0.858. The van der Waals surface area contributed by atoms with Crippen molar-refractivity contribution in [3.8, 4) is 5.75 Å². The molecular formula is C15H13FN2O4. The molecule has 0 aliphatic heterocycles. The number of phenols is 1. The predicted octanol–water partition coefficient (Wildman–Crippen LogP) is 0.825. The SMILES string of the molecule is Cn1cc(C=CC(=O)c2ccc(O)cc2F)c(=O)n(C)c1=O. The van der Waals surface area contributed by atoms with Gasteiger partial charge in [0, 0.05) is 26.4 Å². The van der Waals surface area contributed by atoms with Crippen LogP contribution in [0.4, 0.5) is 4.39 Å². The summed E-state index contributed by atoms with van der Waals surface area (Å²) >= 11 is 0. The van der Waals surface area contributed by atoms with Crippen molar-refractivity contribution >= 4 is 11.9 Å². The van der Waals surface area contributed by atoms with E-state index in [0.717, 1.165) is 22.8 Å². The second-order valence-corrected chi connectivity index (χ2v) is 4.70. The molecule has 0 spiro atoms. The molecule has 0 amide bonds. The summed E-state index contributed by atoms with van der Waals surface area (Å²) in [7, 11) is 2.80. The van der Waals surface area contributed by atoms with Gasteiger partial charge in [0.05, 0.1) is 11.1 Å². The first kappa shape index (κ1) is 15.4. The molecule has 2 aromatic rings. The first-order valence-corrected chi connectivity index (χ1v) is 6.29. The van der Waals surface area contributed by atoms with Crippen LogP contribution in [0.2, 0.25) is 0 Å². The second kappa shape index (κ2) is 5.80. The van der Waals surface area contributed by atoms with E-state index in [4.69, 9.17) is 5.11 Å². The molecule has 0 saturated carbocycles. The van der Waals surface area contributed by atoms with Crippen LogP contribution in [-0.2, 0) is 14.1 Å². The zero-order chi connectivity index (χ0) is 16.4. The van der Waals surface area contributed by atoms with Crippen LogP contribution < -0.4 is 11.2 Å². The van der Waals surface area contributed by atoms with E-state index in [1.807, 2.05) is 0 Å². The second-order valence-electron chi connectivity index (χ2n) is 4.70. The summed E-state index contributed by atoms with van der Waals surface area (Å²) in [4.78, 5) is 35.3. The predicted molar refractivity (Wildman–Crippen MR) is 78.4 cm³/mol. The molecule has 7 heteroatoms. The summed E-state index contributed by atoms with van der Waals surface area (Å²) in [5.74, 6) is -1.80. The molecule has 0 radical (unpaired) electrons. The Morgan fingerprint density at radius 3 is 2.59 bits per heavy atom. The molecule has 0 saturated heterocycles. The van der Waals surface area contributed by atoms with Gasteiger partial charge in [-0.2, -0.15) is 0 Å². The zero-order valence-corrected chi connectivity index (χ0v) is 11.9. The fourth-order valence-corrected chi connectivity index (χ4v) is 1.91. The molecule has 0 atom stereocenters. The standard InChI is InChI=1S/C15H13FN2O4/c1-17-8-9(14(21)18(2)15(17)22)3-6-13(20)11-5-4-10(19)7-12(11)16/h3-8,19H,1-2H3. The van der Waals surface area contributed by atoms with Crippen LogP contribution in [0.15, 0.2) is 40.1 Å². The van der Waals surface area contributed by atoms with Crippen LogP contribution >= 0.6 is 0 Å². The fraction of sp³-hybridized carbons (Fsp3) is 0.133. The van der Waals surface area contributed by atoms with E-state index in [2.05, 4.69) is 0 Å². The van der Waals surface area contributed by atoms with E-state index in [1.54, 1.807) is 0 Å². The summed E-state index contributed by atoms with van der Waals surface area (Å²) in [6.07, 6.45) is 3.55. The number of halogens is 1. The lowest BCUT2D eigenvalue weighted by Crippen LogP contribution is -2.37. The quantitative estimate of drug-likeness (QED) is 0.672. The molecular weight excluding hydrogens is 291 g/mol. The molecule has 1 N–H and O–H groups in total. The summed E-state index contributed by atoms with van der Waals surface area (Å²) < 4.78 is 15.7. The molecule has 2 rings (SSSR count). The lowest BCUT2D eigenvalue weighted by Gasteiger charge is -2.03. The van der Waals surface area contributed by atoms with Crippen molar-refractivity contribution in [2.75, 3.05) is 0 Å². The highest BCUT2D eigenvalue weighted by molar-refractivity contribution is 6.07. The number of nitrogens with zero attached hydrogens (tertiary/aromatic N) is 2. The third-order valence-corrected chi connectivity index (χ3v) is 3.11. The van der Waals surface area contributed by atoms with Gasteiger partial charge in [-0.1, -0.05) is 0 Å². The summed E-state index contributed by atoms with van der Waals surface area (Å²) in [5, 5.41) is 9.10. The Balaban J connectivity index is 2.39. The summed E-state index contributed by atoms with van der Waals surface area (Å²) in [6.45, 7) is 0. The highest BCUT2D eigenvalue weighted by atomic mass is 19.1. The number of phenolic OH excluding ortho intramolecular Hbond substituents is 1. The fourth-order valence-electron chi connectivity index (χ4n) is 1.91. The largest absolute Gasteiger partial charge is 0.508 e. The van der Waals surface area contributed by atoms with Gasteiger partial charge in [-0.25, -0.2) is 9.18 Å².